The SMILES string of the molecule is CC(C)(Cc1ccc(F)cc1)NC(=O)c1ccccc1N(c1cccc2cccnc12)S(=O)[O-]. The van der Waals surface area contributed by atoms with Gasteiger partial charge in [-0.05, 0) is 62.2 Å². The summed E-state index contributed by atoms with van der Waals surface area (Å²) < 4.78 is 39.1. The number of fused-ring (bicyclic) bond motifs is 1. The molecule has 1 unspecified atom stereocenters. The number of halogens is 1. The zero-order chi connectivity index (χ0) is 24.3. The molecule has 1 amide bonds. The number of nitrogens with one attached hydrogen (secondary N) is 1. The van der Waals surface area contributed by atoms with Crippen LogP contribution >= 0.6 is 0 Å². The van der Waals surface area contributed by atoms with Crippen molar-refractivity contribution in [3.63, 3.8) is 0 Å². The predicted octanol–water partition coefficient (Wildman–Crippen LogP) is 5.06. The largest absolute Gasteiger partial charge is 0.755 e. The molecule has 0 spiro atoms. The van der Waals surface area contributed by atoms with Crippen molar-refractivity contribution in [3.05, 3.63) is 102 Å². The molecule has 1 heterocycles. The van der Waals surface area contributed by atoms with Gasteiger partial charge >= 0.3 is 0 Å². The Labute approximate surface area is 199 Å². The molecular weight excluding hydrogens is 453 g/mol. The lowest BCUT2D eigenvalue weighted by Crippen LogP contribution is -2.45. The molecule has 174 valence electrons. The third kappa shape index (κ3) is 5.13. The van der Waals surface area contributed by atoms with Crippen LogP contribution in [0.25, 0.3) is 10.9 Å². The van der Waals surface area contributed by atoms with Crippen molar-refractivity contribution < 1.29 is 17.9 Å². The van der Waals surface area contributed by atoms with E-state index < -0.39 is 22.7 Å². The Balaban J connectivity index is 1.69. The van der Waals surface area contributed by atoms with E-state index in [4.69, 9.17) is 0 Å². The molecule has 1 N–H and O–H groups in total. The van der Waals surface area contributed by atoms with Gasteiger partial charge in [-0.1, -0.05) is 42.5 Å². The average molecular weight is 477 g/mol. The van der Waals surface area contributed by atoms with Gasteiger partial charge in [0.1, 0.15) is 5.82 Å². The van der Waals surface area contributed by atoms with Crippen LogP contribution in [0.5, 0.6) is 0 Å². The van der Waals surface area contributed by atoms with E-state index >= 15 is 0 Å². The highest BCUT2D eigenvalue weighted by Crippen LogP contribution is 2.34. The molecule has 4 rings (SSSR count). The fourth-order valence-electron chi connectivity index (χ4n) is 3.92. The van der Waals surface area contributed by atoms with Gasteiger partial charge in [-0.15, -0.1) is 0 Å². The van der Waals surface area contributed by atoms with E-state index in [0.29, 0.717) is 17.6 Å². The van der Waals surface area contributed by atoms with Crippen LogP contribution < -0.4 is 9.62 Å². The normalized spacial score (nSPS) is 12.4. The minimum absolute atomic E-state index is 0.201. The molecule has 0 saturated heterocycles. The van der Waals surface area contributed by atoms with E-state index in [1.165, 1.54) is 12.1 Å². The van der Waals surface area contributed by atoms with Gasteiger partial charge in [-0.2, -0.15) is 0 Å². The Hall–Kier alpha value is -3.62. The predicted molar refractivity (Wildman–Crippen MR) is 131 cm³/mol. The number of anilines is 2. The van der Waals surface area contributed by atoms with Gasteiger partial charge in [-0.25, -0.2) is 4.39 Å². The van der Waals surface area contributed by atoms with Gasteiger partial charge < -0.3 is 9.87 Å². The summed E-state index contributed by atoms with van der Waals surface area (Å²) >= 11 is -2.72. The molecule has 8 heteroatoms. The van der Waals surface area contributed by atoms with E-state index in [9.17, 15) is 17.9 Å². The smallest absolute Gasteiger partial charge is 0.253 e. The molecular formula is C26H23FN3O3S-. The number of para-hydroxylation sites is 2. The van der Waals surface area contributed by atoms with E-state index in [1.807, 2.05) is 26.0 Å². The Bertz CT molecular complexity index is 1350. The summed E-state index contributed by atoms with van der Waals surface area (Å²) in [6, 6.07) is 21.5. The summed E-state index contributed by atoms with van der Waals surface area (Å²) in [5, 5.41) is 3.76. The fraction of sp³-hybridized carbons (Fsp3) is 0.154. The number of carbonyl (C=O) groups excluding carboxylic acids is 1. The number of carbonyl (C=O) groups is 1. The number of aromatic nitrogens is 1. The van der Waals surface area contributed by atoms with Crippen LogP contribution in [0.2, 0.25) is 0 Å². The molecule has 3 aromatic carbocycles. The second-order valence-corrected chi connectivity index (χ2v) is 9.32. The second kappa shape index (κ2) is 9.70. The quantitative estimate of drug-likeness (QED) is 0.378. The van der Waals surface area contributed by atoms with Crippen molar-refractivity contribution in [2.24, 2.45) is 0 Å². The van der Waals surface area contributed by atoms with Crippen molar-refractivity contribution in [3.8, 4) is 0 Å². The topological polar surface area (TPSA) is 85.4 Å². The molecule has 0 aliphatic rings. The lowest BCUT2D eigenvalue weighted by molar-refractivity contribution is 0.0914. The van der Waals surface area contributed by atoms with E-state index in [2.05, 4.69) is 10.3 Å². The van der Waals surface area contributed by atoms with Gasteiger partial charge in [0.25, 0.3) is 5.91 Å². The summed E-state index contributed by atoms with van der Waals surface area (Å²) in [5.74, 6) is -0.750. The monoisotopic (exact) mass is 476 g/mol. The Morgan fingerprint density at radius 2 is 1.68 bits per heavy atom. The molecule has 0 aliphatic heterocycles. The second-order valence-electron chi connectivity index (χ2n) is 8.52. The van der Waals surface area contributed by atoms with Crippen molar-refractivity contribution in [2.45, 2.75) is 25.8 Å². The number of rotatable bonds is 7. The van der Waals surface area contributed by atoms with Gasteiger partial charge in [0.15, 0.2) is 0 Å². The number of benzene rings is 3. The van der Waals surface area contributed by atoms with Crippen molar-refractivity contribution >= 4 is 39.5 Å². The van der Waals surface area contributed by atoms with E-state index in [-0.39, 0.29) is 17.1 Å². The molecule has 0 radical (unpaired) electrons. The zero-order valence-electron chi connectivity index (χ0n) is 18.7. The molecule has 0 saturated carbocycles. The molecule has 1 atom stereocenters. The van der Waals surface area contributed by atoms with Gasteiger partial charge in [0.2, 0.25) is 0 Å². The summed E-state index contributed by atoms with van der Waals surface area (Å²) in [6.45, 7) is 3.71. The Morgan fingerprint density at radius 3 is 2.41 bits per heavy atom. The highest BCUT2D eigenvalue weighted by molar-refractivity contribution is 7.81. The zero-order valence-corrected chi connectivity index (χ0v) is 19.5. The third-order valence-electron chi connectivity index (χ3n) is 5.36. The first-order valence-corrected chi connectivity index (χ1v) is 11.7. The minimum Gasteiger partial charge on any atom is -0.755 e. The highest BCUT2D eigenvalue weighted by Gasteiger charge is 2.26. The van der Waals surface area contributed by atoms with E-state index in [1.54, 1.807) is 60.8 Å². The maximum absolute atomic E-state index is 13.3. The first-order valence-electron chi connectivity index (χ1n) is 10.6. The van der Waals surface area contributed by atoms with Crippen molar-refractivity contribution in [2.75, 3.05) is 4.31 Å². The Morgan fingerprint density at radius 1 is 1.00 bits per heavy atom. The number of pyridine rings is 1. The van der Waals surface area contributed by atoms with Gasteiger partial charge in [-0.3, -0.25) is 18.3 Å². The molecule has 6 nitrogen and oxygen atoms in total. The molecule has 0 bridgehead atoms. The van der Waals surface area contributed by atoms with Crippen LogP contribution in [0.1, 0.15) is 29.8 Å². The molecule has 1 aromatic heterocycles. The third-order valence-corrected chi connectivity index (χ3v) is 6.05. The number of hydrogen-bond acceptors (Lipinski definition) is 4. The molecule has 0 aliphatic carbocycles. The lowest BCUT2D eigenvalue weighted by atomic mass is 9.94. The summed E-state index contributed by atoms with van der Waals surface area (Å²) in [6.07, 6.45) is 2.06. The van der Waals surface area contributed by atoms with Crippen LogP contribution in [-0.4, -0.2) is 25.2 Å². The fourth-order valence-corrected chi connectivity index (χ4v) is 4.54. The lowest BCUT2D eigenvalue weighted by Gasteiger charge is -2.31. The standard InChI is InChI=1S/C26H24FN3O3S/c1-26(2,17-18-12-14-20(27)15-13-18)29-25(31)21-9-3-4-10-22(21)30(34(32)33)23-11-5-7-19-8-6-16-28-24(19)23/h3-16H,17H2,1-2H3,(H,29,31)(H,32,33)/p-1. The molecule has 0 fully saturated rings. The highest BCUT2D eigenvalue weighted by atomic mass is 32.2. The number of hydrogen-bond donors (Lipinski definition) is 1. The molecule has 4 aromatic rings. The maximum Gasteiger partial charge on any atom is 0.253 e. The summed E-state index contributed by atoms with van der Waals surface area (Å²) in [4.78, 5) is 17.7. The van der Waals surface area contributed by atoms with Crippen molar-refractivity contribution in [1.82, 2.24) is 10.3 Å². The van der Waals surface area contributed by atoms with Crippen molar-refractivity contribution in [1.29, 1.82) is 0 Å². The van der Waals surface area contributed by atoms with Crippen LogP contribution in [0.4, 0.5) is 15.8 Å². The minimum atomic E-state index is -2.72. The average Bonchev–Trinajstić information content (AvgIpc) is 2.80. The van der Waals surface area contributed by atoms with Crippen LogP contribution in [-0.2, 0) is 17.7 Å². The Kier molecular flexibility index (Phi) is 6.72. The first kappa shape index (κ1) is 23.5. The summed E-state index contributed by atoms with van der Waals surface area (Å²) in [5.41, 5.74) is 1.45. The van der Waals surface area contributed by atoms with Crippen LogP contribution in [0.3, 0.4) is 0 Å². The number of nitrogens with zero attached hydrogens (tertiary/aromatic N) is 2. The van der Waals surface area contributed by atoms with Crippen LogP contribution in [0.15, 0.2) is 85.1 Å². The van der Waals surface area contributed by atoms with Gasteiger partial charge in [0, 0.05) is 17.1 Å². The summed E-state index contributed by atoms with van der Waals surface area (Å²) in [7, 11) is 0. The first-order chi connectivity index (χ1) is 16.2. The maximum atomic E-state index is 13.3. The van der Waals surface area contributed by atoms with E-state index in [0.717, 1.165) is 15.3 Å². The molecule has 34 heavy (non-hydrogen) atoms. The number of amides is 1. The van der Waals surface area contributed by atoms with Gasteiger partial charge in [0.05, 0.1) is 33.7 Å². The van der Waals surface area contributed by atoms with Crippen LogP contribution in [0, 0.1) is 5.82 Å².